The van der Waals surface area contributed by atoms with Crippen LogP contribution >= 0.6 is 19.6 Å². The van der Waals surface area contributed by atoms with Crippen LogP contribution in [0.25, 0.3) is 0 Å². The van der Waals surface area contributed by atoms with Gasteiger partial charge in [-0.1, -0.05) is 45.4 Å². The van der Waals surface area contributed by atoms with Crippen LogP contribution in [0.5, 0.6) is 0 Å². The summed E-state index contributed by atoms with van der Waals surface area (Å²) in [7, 11) is -5.21. The van der Waals surface area contributed by atoms with Crippen molar-refractivity contribution in [3.63, 3.8) is 0 Å². The molecule has 29 heavy (non-hydrogen) atoms. The van der Waals surface area contributed by atoms with Gasteiger partial charge in [0.25, 0.3) is 0 Å². The fraction of sp³-hybridized carbons (Fsp3) is 0.824. The largest absolute Gasteiger partial charge is 0.790 e. The minimum atomic E-state index is -5.21. The molecule has 0 spiro atoms. The number of unbranched alkanes of at least 4 members (excludes halogenated alkanes) is 2. The molecule has 0 saturated heterocycles. The molecule has 0 heterocycles. The van der Waals surface area contributed by atoms with Crippen LogP contribution in [0.15, 0.2) is 0 Å². The molecule has 0 saturated carbocycles. The smallest absolute Gasteiger partial charge is 0.249 e. The van der Waals surface area contributed by atoms with E-state index in [0.717, 1.165) is 19.3 Å². The number of aliphatic hydroxyl groups excluding tert-OH is 1. The lowest BCUT2D eigenvalue weighted by atomic mass is 9.87. The maximum absolute atomic E-state index is 11.9. The number of hydrogen-bond acceptors (Lipinski definition) is 9. The van der Waals surface area contributed by atoms with Crippen LogP contribution in [0.4, 0.5) is 0 Å². The van der Waals surface area contributed by atoms with E-state index in [0.29, 0.717) is 18.7 Å². The number of carbonyl (C=O) groups excluding carboxylic acids is 3. The predicted molar refractivity (Wildman–Crippen MR) is 106 cm³/mol. The molecule has 170 valence electrons. The molecule has 0 aromatic rings. The van der Waals surface area contributed by atoms with Crippen molar-refractivity contribution in [1.29, 1.82) is 0 Å². The highest BCUT2D eigenvalue weighted by molar-refractivity contribution is 8.13. The predicted octanol–water partition coefficient (Wildman–Crippen LogP) is -0.319. The monoisotopic (exact) mass is 454 g/mol. The highest BCUT2D eigenvalue weighted by atomic mass is 32.2. The van der Waals surface area contributed by atoms with Crippen LogP contribution in [0.1, 0.15) is 52.9 Å². The zero-order chi connectivity index (χ0) is 22.5. The molecule has 2 amide bonds. The third-order valence-electron chi connectivity index (χ3n) is 3.91. The topological polar surface area (TPSA) is 168 Å². The molecular formula is C17H31N2O8PS-2. The number of thioether (sulfide) groups is 1. The van der Waals surface area contributed by atoms with Gasteiger partial charge < -0.3 is 34.6 Å². The van der Waals surface area contributed by atoms with E-state index >= 15 is 0 Å². The molecule has 0 radical (unpaired) electrons. The highest BCUT2D eigenvalue weighted by Gasteiger charge is 2.34. The standard InChI is InChI=1S/C17H33N2O8PS/c1-4-5-6-7-14(21)29-11-10-18-13(20)8-9-19-16(23)15(22)17(2,3)12-27-28(24,25)26/h15,22H,4-12H2,1-3H3,(H,18,20)(H,19,23)(H2,24,25,26)/p-2/t15-/m0/s1. The Morgan fingerprint density at radius 2 is 1.79 bits per heavy atom. The Morgan fingerprint density at radius 1 is 1.14 bits per heavy atom. The Hall–Kier alpha value is -0.970. The van der Waals surface area contributed by atoms with Gasteiger partial charge in [-0.2, -0.15) is 0 Å². The Morgan fingerprint density at radius 3 is 2.38 bits per heavy atom. The summed E-state index contributed by atoms with van der Waals surface area (Å²) in [5.74, 6) is -0.662. The average Bonchev–Trinajstić information content (AvgIpc) is 2.62. The van der Waals surface area contributed by atoms with Crippen molar-refractivity contribution >= 4 is 36.5 Å². The molecule has 12 heteroatoms. The number of phosphoric ester groups is 1. The summed E-state index contributed by atoms with van der Waals surface area (Å²) in [6.45, 7) is 4.42. The zero-order valence-electron chi connectivity index (χ0n) is 17.1. The zero-order valence-corrected chi connectivity index (χ0v) is 18.8. The normalized spacial score (nSPS) is 13.0. The maximum Gasteiger partial charge on any atom is 0.249 e. The lowest BCUT2D eigenvalue weighted by Crippen LogP contribution is -2.46. The van der Waals surface area contributed by atoms with Crippen molar-refractivity contribution in [2.45, 2.75) is 59.0 Å². The molecule has 0 fully saturated rings. The van der Waals surface area contributed by atoms with E-state index in [1.807, 2.05) is 0 Å². The number of rotatable bonds is 15. The summed E-state index contributed by atoms with van der Waals surface area (Å²) in [6, 6.07) is 0. The number of phosphoric acid groups is 1. The van der Waals surface area contributed by atoms with Crippen molar-refractivity contribution in [2.24, 2.45) is 5.41 Å². The highest BCUT2D eigenvalue weighted by Crippen LogP contribution is 2.31. The van der Waals surface area contributed by atoms with Gasteiger partial charge in [0.15, 0.2) is 5.12 Å². The summed E-state index contributed by atoms with van der Waals surface area (Å²) in [5, 5.41) is 15.1. The van der Waals surface area contributed by atoms with Crippen molar-refractivity contribution in [1.82, 2.24) is 10.6 Å². The first-order valence-corrected chi connectivity index (χ1v) is 11.9. The number of nitrogens with one attached hydrogen (secondary N) is 2. The first kappa shape index (κ1) is 28.0. The minimum absolute atomic E-state index is 0.0270. The molecular weight excluding hydrogens is 423 g/mol. The number of carbonyl (C=O) groups is 3. The third kappa shape index (κ3) is 14.6. The van der Waals surface area contributed by atoms with Gasteiger partial charge in [0.05, 0.1) is 14.4 Å². The van der Waals surface area contributed by atoms with Crippen LogP contribution in [-0.4, -0.2) is 53.6 Å². The second-order valence-corrected chi connectivity index (χ2v) is 9.49. The summed E-state index contributed by atoms with van der Waals surface area (Å²) in [4.78, 5) is 56.3. The molecule has 0 rings (SSSR count). The van der Waals surface area contributed by atoms with Gasteiger partial charge in [-0.3, -0.25) is 14.4 Å². The molecule has 0 bridgehead atoms. The number of hydrogen-bond donors (Lipinski definition) is 3. The molecule has 0 aliphatic carbocycles. The van der Waals surface area contributed by atoms with Gasteiger partial charge in [-0.15, -0.1) is 0 Å². The van der Waals surface area contributed by atoms with Crippen LogP contribution in [0, 0.1) is 5.41 Å². The van der Waals surface area contributed by atoms with E-state index in [9.17, 15) is 33.8 Å². The Bertz CT molecular complexity index is 582. The molecule has 0 aromatic heterocycles. The number of aliphatic hydroxyl groups is 1. The van der Waals surface area contributed by atoms with Crippen LogP contribution in [-0.2, 0) is 23.5 Å². The molecule has 0 aliphatic heterocycles. The summed E-state index contributed by atoms with van der Waals surface area (Å²) in [6.07, 6.45) is 1.81. The van der Waals surface area contributed by atoms with Gasteiger partial charge in [0, 0.05) is 37.1 Å². The van der Waals surface area contributed by atoms with Crippen molar-refractivity contribution in [3.8, 4) is 0 Å². The second kappa shape index (κ2) is 14.1. The fourth-order valence-electron chi connectivity index (χ4n) is 2.11. The Kier molecular flexibility index (Phi) is 13.6. The van der Waals surface area contributed by atoms with Crippen LogP contribution < -0.4 is 20.4 Å². The summed E-state index contributed by atoms with van der Waals surface area (Å²) >= 11 is 1.18. The van der Waals surface area contributed by atoms with Crippen molar-refractivity contribution < 1.29 is 38.4 Å². The average molecular weight is 454 g/mol. The first-order chi connectivity index (χ1) is 13.4. The van der Waals surface area contributed by atoms with E-state index in [1.54, 1.807) is 0 Å². The van der Waals surface area contributed by atoms with Gasteiger partial charge in [0.1, 0.15) is 6.10 Å². The third-order valence-corrected chi connectivity index (χ3v) is 5.29. The maximum atomic E-state index is 11.9. The minimum Gasteiger partial charge on any atom is -0.790 e. The van der Waals surface area contributed by atoms with Crippen LogP contribution in [0.2, 0.25) is 0 Å². The molecule has 10 nitrogen and oxygen atoms in total. The summed E-state index contributed by atoms with van der Waals surface area (Å²) < 4.78 is 14.6. The summed E-state index contributed by atoms with van der Waals surface area (Å²) in [5.41, 5.74) is -1.32. The van der Waals surface area contributed by atoms with Crippen molar-refractivity contribution in [2.75, 3.05) is 25.4 Å². The van der Waals surface area contributed by atoms with Gasteiger partial charge in [-0.05, 0) is 6.42 Å². The second-order valence-electron chi connectivity index (χ2n) is 7.18. The molecule has 3 N–H and O–H groups in total. The van der Waals surface area contributed by atoms with Gasteiger partial charge >= 0.3 is 0 Å². The molecule has 0 aromatic carbocycles. The molecule has 0 aliphatic rings. The van der Waals surface area contributed by atoms with E-state index in [2.05, 4.69) is 22.1 Å². The van der Waals surface area contributed by atoms with E-state index in [4.69, 9.17) is 0 Å². The van der Waals surface area contributed by atoms with E-state index in [1.165, 1.54) is 25.6 Å². The molecule has 1 atom stereocenters. The lowest BCUT2D eigenvalue weighted by Gasteiger charge is -2.35. The SMILES string of the molecule is CCCCCC(=O)SCCNC(=O)CCNC(=O)[C@H](O)C(C)(C)COP(=O)([O-])[O-]. The quantitative estimate of drug-likeness (QED) is 0.222. The van der Waals surface area contributed by atoms with Gasteiger partial charge in [-0.25, -0.2) is 0 Å². The fourth-order valence-corrected chi connectivity index (χ4v) is 3.32. The van der Waals surface area contributed by atoms with E-state index < -0.39 is 31.9 Å². The lowest BCUT2D eigenvalue weighted by molar-refractivity contribution is -0.343. The Labute approximate surface area is 175 Å². The van der Waals surface area contributed by atoms with Gasteiger partial charge in [0.2, 0.25) is 11.8 Å². The Balaban J connectivity index is 4.01. The number of amides is 2. The van der Waals surface area contributed by atoms with E-state index in [-0.39, 0.29) is 24.0 Å². The van der Waals surface area contributed by atoms with Crippen molar-refractivity contribution in [3.05, 3.63) is 0 Å². The molecule has 0 unspecified atom stereocenters. The van der Waals surface area contributed by atoms with Crippen LogP contribution in [0.3, 0.4) is 0 Å². The first-order valence-electron chi connectivity index (χ1n) is 9.43.